The summed E-state index contributed by atoms with van der Waals surface area (Å²) in [5, 5.41) is 13.5. The molecule has 0 spiro atoms. The second kappa shape index (κ2) is 17.0. The molecule has 1 aromatic heterocycles. The number of unbranched alkanes of at least 4 members (excludes halogenated alkanes) is 5. The molecule has 2 aromatic rings. The minimum Gasteiger partial charge on any atom is -0.478 e. The van der Waals surface area contributed by atoms with E-state index in [1.54, 1.807) is 19.1 Å². The topological polar surface area (TPSA) is 113 Å². The number of ether oxygens (including phenoxy) is 2. The van der Waals surface area contributed by atoms with Crippen LogP contribution in [0.1, 0.15) is 97.0 Å². The summed E-state index contributed by atoms with van der Waals surface area (Å²) in [4.78, 5) is 37.3. The Kier molecular flexibility index (Phi) is 14.1. The highest BCUT2D eigenvalue weighted by atomic mass is 19.4. The molecule has 1 heterocycles. The van der Waals surface area contributed by atoms with Gasteiger partial charge in [0.1, 0.15) is 5.75 Å². The molecule has 0 saturated carbocycles. The van der Waals surface area contributed by atoms with E-state index in [4.69, 9.17) is 9.47 Å². The number of aliphatic carboxylic acids is 1. The molecule has 2 rings (SSSR count). The maximum absolute atomic E-state index is 12.9. The van der Waals surface area contributed by atoms with Gasteiger partial charge >= 0.3 is 23.4 Å². The van der Waals surface area contributed by atoms with Crippen molar-refractivity contribution in [3.8, 4) is 11.6 Å². The van der Waals surface area contributed by atoms with Gasteiger partial charge in [0.15, 0.2) is 0 Å². The van der Waals surface area contributed by atoms with Crippen LogP contribution in [0.3, 0.4) is 0 Å². The van der Waals surface area contributed by atoms with Crippen LogP contribution in [-0.2, 0) is 24.3 Å². The molecular formula is C30H44F3N3O6. The smallest absolute Gasteiger partial charge is 0.389 e. The number of rotatable bonds is 20. The molecule has 1 unspecified atom stereocenters. The number of aromatic nitrogens is 3. The number of halogens is 3. The van der Waals surface area contributed by atoms with Crippen molar-refractivity contribution in [1.82, 2.24) is 14.3 Å². The first kappa shape index (κ1) is 34.9. The number of carboxylic acids is 1. The van der Waals surface area contributed by atoms with Crippen molar-refractivity contribution in [1.29, 1.82) is 0 Å². The van der Waals surface area contributed by atoms with E-state index in [9.17, 15) is 32.7 Å². The first-order valence-corrected chi connectivity index (χ1v) is 14.8. The van der Waals surface area contributed by atoms with Gasteiger partial charge in [-0.1, -0.05) is 58.1 Å². The lowest BCUT2D eigenvalue weighted by Gasteiger charge is -2.26. The highest BCUT2D eigenvalue weighted by Crippen LogP contribution is 2.24. The van der Waals surface area contributed by atoms with Crippen LogP contribution in [0, 0.1) is 0 Å². The van der Waals surface area contributed by atoms with E-state index in [0.717, 1.165) is 40.5 Å². The molecule has 0 aliphatic carbocycles. The summed E-state index contributed by atoms with van der Waals surface area (Å²) in [6, 6.07) is 7.20. The fourth-order valence-electron chi connectivity index (χ4n) is 4.54. The predicted octanol–water partition coefficient (Wildman–Crippen LogP) is 6.14. The van der Waals surface area contributed by atoms with Gasteiger partial charge < -0.3 is 14.6 Å². The number of carbonyl (C=O) groups is 1. The van der Waals surface area contributed by atoms with E-state index in [1.807, 2.05) is 19.1 Å². The molecule has 0 bridgehead atoms. The van der Waals surface area contributed by atoms with Gasteiger partial charge in [-0.3, -0.25) is 9.36 Å². The Morgan fingerprint density at radius 2 is 1.60 bits per heavy atom. The van der Waals surface area contributed by atoms with Gasteiger partial charge in [0.05, 0.1) is 6.61 Å². The molecule has 236 valence electrons. The molecule has 42 heavy (non-hydrogen) atoms. The largest absolute Gasteiger partial charge is 0.478 e. The van der Waals surface area contributed by atoms with Crippen molar-refractivity contribution in [2.45, 2.75) is 123 Å². The van der Waals surface area contributed by atoms with Crippen LogP contribution in [0.4, 0.5) is 13.2 Å². The second-order valence-electron chi connectivity index (χ2n) is 10.7. The van der Waals surface area contributed by atoms with E-state index < -0.39 is 35.4 Å². The average Bonchev–Trinajstić information content (AvgIpc) is 2.92. The number of hydrogen-bond donors (Lipinski definition) is 1. The Hall–Kier alpha value is -3.31. The van der Waals surface area contributed by atoms with Gasteiger partial charge in [-0.25, -0.2) is 14.3 Å². The van der Waals surface area contributed by atoms with Crippen molar-refractivity contribution in [2.24, 2.45) is 0 Å². The Bertz CT molecular complexity index is 1230. The second-order valence-corrected chi connectivity index (χ2v) is 10.7. The van der Waals surface area contributed by atoms with Gasteiger partial charge in [-0.2, -0.15) is 13.2 Å². The average molecular weight is 600 g/mol. The fraction of sp³-hybridized carbons (Fsp3) is 0.667. The van der Waals surface area contributed by atoms with Crippen LogP contribution in [0.5, 0.6) is 11.6 Å². The normalized spacial score (nSPS) is 13.1. The standard InChI is InChI=1S/C30H44F3N3O6/c1-4-6-7-8-10-20-35-26(37)25(34-36(28(35)40)21-12-19-30(31,32)33)41-22-11-9-13-23-14-16-24(17-15-23)42-29(3,18-5-2)27(38)39/h14-17H,4-13,18-22H2,1-3H3,(H,38,39). The molecular weight excluding hydrogens is 555 g/mol. The Balaban J connectivity index is 1.98. The molecule has 0 aliphatic heterocycles. The highest BCUT2D eigenvalue weighted by molar-refractivity contribution is 5.77. The number of benzene rings is 1. The van der Waals surface area contributed by atoms with Crippen LogP contribution in [-0.4, -0.2) is 43.8 Å². The summed E-state index contributed by atoms with van der Waals surface area (Å²) in [5.41, 5.74) is -1.68. The minimum atomic E-state index is -4.35. The summed E-state index contributed by atoms with van der Waals surface area (Å²) >= 11 is 0. The SMILES string of the molecule is CCCCCCCn1c(=O)c(OCCCCc2ccc(OC(C)(CCC)C(=O)O)cc2)nn(CCCC(F)(F)F)c1=O. The van der Waals surface area contributed by atoms with Gasteiger partial charge in [-0.15, -0.1) is 5.10 Å². The van der Waals surface area contributed by atoms with E-state index in [0.29, 0.717) is 44.3 Å². The molecule has 0 radical (unpaired) electrons. The zero-order valence-corrected chi connectivity index (χ0v) is 24.9. The summed E-state index contributed by atoms with van der Waals surface area (Å²) in [5.74, 6) is -0.831. The first-order valence-electron chi connectivity index (χ1n) is 14.8. The summed E-state index contributed by atoms with van der Waals surface area (Å²) in [6.07, 6.45) is 1.77. The zero-order valence-electron chi connectivity index (χ0n) is 24.9. The Morgan fingerprint density at radius 1 is 0.905 bits per heavy atom. The predicted molar refractivity (Wildman–Crippen MR) is 153 cm³/mol. The van der Waals surface area contributed by atoms with Crippen LogP contribution in [0.15, 0.2) is 33.9 Å². The van der Waals surface area contributed by atoms with E-state index in [1.165, 1.54) is 0 Å². The van der Waals surface area contributed by atoms with Crippen molar-refractivity contribution < 1.29 is 32.5 Å². The lowest BCUT2D eigenvalue weighted by atomic mass is 10.0. The van der Waals surface area contributed by atoms with Crippen LogP contribution >= 0.6 is 0 Å². The molecule has 1 N–H and O–H groups in total. The molecule has 0 amide bonds. The lowest BCUT2D eigenvalue weighted by molar-refractivity contribution is -0.154. The molecule has 1 atom stereocenters. The van der Waals surface area contributed by atoms with E-state index in [2.05, 4.69) is 12.0 Å². The maximum atomic E-state index is 12.9. The molecule has 1 aromatic carbocycles. The summed E-state index contributed by atoms with van der Waals surface area (Å²) < 4.78 is 51.2. The number of aryl methyl sites for hydroxylation is 2. The zero-order chi connectivity index (χ0) is 31.2. The Morgan fingerprint density at radius 3 is 2.21 bits per heavy atom. The number of nitrogens with zero attached hydrogens (tertiary/aromatic N) is 3. The molecule has 0 aliphatic rings. The summed E-state index contributed by atoms with van der Waals surface area (Å²) in [6.45, 7) is 5.56. The molecule has 0 saturated heterocycles. The van der Waals surface area contributed by atoms with E-state index in [-0.39, 0.29) is 32.0 Å². The third kappa shape index (κ3) is 11.5. The summed E-state index contributed by atoms with van der Waals surface area (Å²) in [7, 11) is 0. The third-order valence-electron chi connectivity index (χ3n) is 6.95. The third-order valence-corrected chi connectivity index (χ3v) is 6.95. The number of alkyl halides is 3. The van der Waals surface area contributed by atoms with Gasteiger partial charge in [0.2, 0.25) is 5.60 Å². The van der Waals surface area contributed by atoms with Crippen LogP contribution in [0.25, 0.3) is 0 Å². The number of hydrogen-bond acceptors (Lipinski definition) is 6. The van der Waals surface area contributed by atoms with Crippen molar-refractivity contribution in [3.63, 3.8) is 0 Å². The van der Waals surface area contributed by atoms with Crippen LogP contribution in [0.2, 0.25) is 0 Å². The molecule has 12 heteroatoms. The van der Waals surface area contributed by atoms with Crippen molar-refractivity contribution in [2.75, 3.05) is 6.61 Å². The maximum Gasteiger partial charge on any atom is 0.389 e. The first-order chi connectivity index (χ1) is 19.9. The molecule has 9 nitrogen and oxygen atoms in total. The van der Waals surface area contributed by atoms with Gasteiger partial charge in [0.25, 0.3) is 5.88 Å². The minimum absolute atomic E-state index is 0.147. The fourth-order valence-corrected chi connectivity index (χ4v) is 4.54. The quantitative estimate of drug-likeness (QED) is 0.182. The lowest BCUT2D eigenvalue weighted by Crippen LogP contribution is -2.42. The Labute approximate surface area is 244 Å². The van der Waals surface area contributed by atoms with Gasteiger partial charge in [-0.05, 0) is 63.1 Å². The monoisotopic (exact) mass is 599 g/mol. The van der Waals surface area contributed by atoms with Gasteiger partial charge in [0, 0.05) is 19.5 Å². The van der Waals surface area contributed by atoms with Crippen molar-refractivity contribution in [3.05, 3.63) is 50.7 Å². The highest BCUT2D eigenvalue weighted by Gasteiger charge is 2.34. The number of carboxylic acid groups (broad SMARTS) is 1. The van der Waals surface area contributed by atoms with E-state index >= 15 is 0 Å². The van der Waals surface area contributed by atoms with Crippen LogP contribution < -0.4 is 20.7 Å². The van der Waals surface area contributed by atoms with Crippen molar-refractivity contribution >= 4 is 5.97 Å². The molecule has 0 fully saturated rings.